The lowest BCUT2D eigenvalue weighted by atomic mass is 9.78. The highest BCUT2D eigenvalue weighted by Gasteiger charge is 2.28. The topological polar surface area (TPSA) is 52.7 Å². The number of amides is 2. The Kier molecular flexibility index (Phi) is 6.92. The number of rotatable bonds is 5. The number of halogens is 1. The monoisotopic (exact) mass is 389 g/mol. The van der Waals surface area contributed by atoms with E-state index in [0.717, 1.165) is 31.6 Å². The van der Waals surface area contributed by atoms with Crippen LogP contribution in [0.1, 0.15) is 46.0 Å². The van der Waals surface area contributed by atoms with E-state index in [1.54, 1.807) is 12.1 Å². The molecule has 3 rings (SSSR count). The Morgan fingerprint density at radius 3 is 2.39 bits per heavy atom. The number of piperazine rings is 1. The van der Waals surface area contributed by atoms with Crippen molar-refractivity contribution >= 4 is 17.5 Å². The van der Waals surface area contributed by atoms with Crippen molar-refractivity contribution in [3.8, 4) is 0 Å². The van der Waals surface area contributed by atoms with Gasteiger partial charge in [0.05, 0.1) is 0 Å². The van der Waals surface area contributed by atoms with Crippen LogP contribution in [0.25, 0.3) is 0 Å². The van der Waals surface area contributed by atoms with Crippen molar-refractivity contribution in [2.75, 3.05) is 31.1 Å². The number of carbonyl (C=O) groups is 2. The molecule has 1 heterocycles. The lowest BCUT2D eigenvalue weighted by Crippen LogP contribution is -2.49. The summed E-state index contributed by atoms with van der Waals surface area (Å²) in [6.07, 6.45) is 3.95. The number of hydrogen-bond acceptors (Lipinski definition) is 3. The maximum atomic E-state index is 13.1. The first-order valence-corrected chi connectivity index (χ1v) is 10.5. The highest BCUT2D eigenvalue weighted by molar-refractivity contribution is 5.84. The summed E-state index contributed by atoms with van der Waals surface area (Å²) in [7, 11) is 0. The van der Waals surface area contributed by atoms with Gasteiger partial charge in [0.1, 0.15) is 5.82 Å². The standard InChI is InChI=1S/C22H32FN3O2/c1-16-4-3-5-20(17(16)2)24-21(27)10-11-22(28)26-14-12-25(13-15-26)19-8-6-18(23)7-9-19/h6-9,16-17,20H,3-5,10-15H2,1-2H3,(H,24,27)/t16-,17-,20-/m1/s1. The predicted octanol–water partition coefficient (Wildman–Crippen LogP) is 3.20. The third-order valence-electron chi connectivity index (χ3n) is 6.44. The Morgan fingerprint density at radius 2 is 1.71 bits per heavy atom. The Labute approximate surface area is 167 Å². The summed E-state index contributed by atoms with van der Waals surface area (Å²) >= 11 is 0. The van der Waals surface area contributed by atoms with Crippen molar-refractivity contribution in [1.29, 1.82) is 0 Å². The van der Waals surface area contributed by atoms with E-state index in [4.69, 9.17) is 0 Å². The van der Waals surface area contributed by atoms with E-state index in [0.29, 0.717) is 24.9 Å². The normalized spacial score (nSPS) is 25.5. The molecular formula is C22H32FN3O2. The van der Waals surface area contributed by atoms with Crippen molar-refractivity contribution in [3.05, 3.63) is 30.1 Å². The first kappa shape index (κ1) is 20.6. The van der Waals surface area contributed by atoms with Gasteiger partial charge in [0.2, 0.25) is 11.8 Å². The van der Waals surface area contributed by atoms with E-state index in [9.17, 15) is 14.0 Å². The molecule has 1 aliphatic carbocycles. The first-order chi connectivity index (χ1) is 13.4. The molecule has 3 atom stereocenters. The lowest BCUT2D eigenvalue weighted by Gasteiger charge is -2.36. The lowest BCUT2D eigenvalue weighted by molar-refractivity contribution is -0.134. The Morgan fingerprint density at radius 1 is 1.04 bits per heavy atom. The van der Waals surface area contributed by atoms with Gasteiger partial charge >= 0.3 is 0 Å². The average Bonchev–Trinajstić information content (AvgIpc) is 2.70. The van der Waals surface area contributed by atoms with Crippen LogP contribution in [0.5, 0.6) is 0 Å². The fraction of sp³-hybridized carbons (Fsp3) is 0.636. The van der Waals surface area contributed by atoms with Crippen molar-refractivity contribution in [1.82, 2.24) is 10.2 Å². The van der Waals surface area contributed by atoms with E-state index >= 15 is 0 Å². The molecule has 1 N–H and O–H groups in total. The van der Waals surface area contributed by atoms with Crippen LogP contribution < -0.4 is 10.2 Å². The smallest absolute Gasteiger partial charge is 0.223 e. The predicted molar refractivity (Wildman–Crippen MR) is 109 cm³/mol. The maximum absolute atomic E-state index is 13.1. The van der Waals surface area contributed by atoms with Crippen LogP contribution in [0.4, 0.5) is 10.1 Å². The van der Waals surface area contributed by atoms with Crippen LogP contribution in [0.3, 0.4) is 0 Å². The van der Waals surface area contributed by atoms with Gasteiger partial charge in [0, 0.05) is 50.7 Å². The van der Waals surface area contributed by atoms with Gasteiger partial charge in [-0.3, -0.25) is 9.59 Å². The molecule has 0 unspecified atom stereocenters. The van der Waals surface area contributed by atoms with E-state index in [-0.39, 0.29) is 36.5 Å². The van der Waals surface area contributed by atoms with Gasteiger partial charge in [0.25, 0.3) is 0 Å². The molecule has 1 aromatic rings. The fourth-order valence-corrected chi connectivity index (χ4v) is 4.31. The molecule has 154 valence electrons. The van der Waals surface area contributed by atoms with E-state index in [2.05, 4.69) is 24.1 Å². The summed E-state index contributed by atoms with van der Waals surface area (Å²) in [5.41, 5.74) is 0.976. The molecule has 2 amide bonds. The largest absolute Gasteiger partial charge is 0.368 e. The van der Waals surface area contributed by atoms with Crippen LogP contribution in [0, 0.1) is 17.7 Å². The summed E-state index contributed by atoms with van der Waals surface area (Å²) in [4.78, 5) is 28.8. The fourth-order valence-electron chi connectivity index (χ4n) is 4.31. The number of nitrogens with zero attached hydrogens (tertiary/aromatic N) is 2. The van der Waals surface area contributed by atoms with Gasteiger partial charge in [-0.2, -0.15) is 0 Å². The van der Waals surface area contributed by atoms with Crippen LogP contribution in [0.2, 0.25) is 0 Å². The van der Waals surface area contributed by atoms with Crippen LogP contribution in [-0.4, -0.2) is 48.9 Å². The van der Waals surface area contributed by atoms with Crippen molar-refractivity contribution < 1.29 is 14.0 Å². The second kappa shape index (κ2) is 9.39. The molecule has 28 heavy (non-hydrogen) atoms. The van der Waals surface area contributed by atoms with Crippen LogP contribution in [-0.2, 0) is 9.59 Å². The molecule has 5 nitrogen and oxygen atoms in total. The number of carbonyl (C=O) groups excluding carboxylic acids is 2. The van der Waals surface area contributed by atoms with Gasteiger partial charge in [-0.25, -0.2) is 4.39 Å². The summed E-state index contributed by atoms with van der Waals surface area (Å²) < 4.78 is 13.1. The van der Waals surface area contributed by atoms with Gasteiger partial charge in [0.15, 0.2) is 0 Å². The molecule has 2 fully saturated rings. The molecule has 2 aliphatic rings. The molecule has 0 radical (unpaired) electrons. The van der Waals surface area contributed by atoms with Gasteiger partial charge < -0.3 is 15.1 Å². The minimum absolute atomic E-state index is 0.00996. The average molecular weight is 390 g/mol. The second-order valence-corrected chi connectivity index (χ2v) is 8.29. The zero-order chi connectivity index (χ0) is 20.1. The highest BCUT2D eigenvalue weighted by atomic mass is 19.1. The third-order valence-corrected chi connectivity index (χ3v) is 6.44. The summed E-state index contributed by atoms with van der Waals surface area (Å²) in [6.45, 7) is 7.17. The Hall–Kier alpha value is -2.11. The quantitative estimate of drug-likeness (QED) is 0.841. The van der Waals surface area contributed by atoms with E-state index in [1.807, 2.05) is 4.90 Å². The molecular weight excluding hydrogens is 357 g/mol. The Balaban J connectivity index is 1.39. The number of nitrogens with one attached hydrogen (secondary N) is 1. The Bertz CT molecular complexity index is 671. The number of anilines is 1. The van der Waals surface area contributed by atoms with Gasteiger partial charge in [-0.15, -0.1) is 0 Å². The van der Waals surface area contributed by atoms with Crippen LogP contribution in [0.15, 0.2) is 24.3 Å². The zero-order valence-corrected chi connectivity index (χ0v) is 17.0. The summed E-state index contributed by atoms with van der Waals surface area (Å²) in [5, 5.41) is 3.14. The SMILES string of the molecule is C[C@@H]1[C@H](C)CCC[C@H]1NC(=O)CCC(=O)N1CCN(c2ccc(F)cc2)CC1. The molecule has 6 heteroatoms. The zero-order valence-electron chi connectivity index (χ0n) is 17.0. The molecule has 0 spiro atoms. The minimum atomic E-state index is -0.243. The van der Waals surface area contributed by atoms with Gasteiger partial charge in [-0.05, 0) is 42.5 Å². The molecule has 0 bridgehead atoms. The second-order valence-electron chi connectivity index (χ2n) is 8.29. The van der Waals surface area contributed by atoms with Crippen molar-refractivity contribution in [3.63, 3.8) is 0 Å². The highest BCUT2D eigenvalue weighted by Crippen LogP contribution is 2.29. The van der Waals surface area contributed by atoms with E-state index < -0.39 is 0 Å². The number of benzene rings is 1. The maximum Gasteiger partial charge on any atom is 0.223 e. The molecule has 0 aromatic heterocycles. The molecule has 1 aromatic carbocycles. The van der Waals surface area contributed by atoms with E-state index in [1.165, 1.54) is 18.6 Å². The third kappa shape index (κ3) is 5.24. The summed E-state index contributed by atoms with van der Waals surface area (Å²) in [6, 6.07) is 6.69. The minimum Gasteiger partial charge on any atom is -0.368 e. The number of hydrogen-bond donors (Lipinski definition) is 1. The van der Waals surface area contributed by atoms with Crippen molar-refractivity contribution in [2.24, 2.45) is 11.8 Å². The van der Waals surface area contributed by atoms with Crippen molar-refractivity contribution in [2.45, 2.75) is 52.0 Å². The summed E-state index contributed by atoms with van der Waals surface area (Å²) in [5.74, 6) is 0.919. The first-order valence-electron chi connectivity index (χ1n) is 10.5. The van der Waals surface area contributed by atoms with Gasteiger partial charge in [-0.1, -0.05) is 26.7 Å². The molecule has 1 aliphatic heterocycles. The molecule has 1 saturated carbocycles. The van der Waals surface area contributed by atoms with Crippen LogP contribution >= 0.6 is 0 Å². The molecule has 1 saturated heterocycles.